The van der Waals surface area contributed by atoms with Crippen LogP contribution in [0, 0.1) is 12.3 Å². The number of piperidine rings is 1. The van der Waals surface area contributed by atoms with Gasteiger partial charge in [-0.25, -0.2) is 13.4 Å². The molecule has 0 bridgehead atoms. The number of aliphatic hydroxyl groups excluding tert-OH is 1. The topological polar surface area (TPSA) is 117 Å². The van der Waals surface area contributed by atoms with Crippen LogP contribution < -0.4 is 14.9 Å². The van der Waals surface area contributed by atoms with E-state index in [0.29, 0.717) is 28.0 Å². The highest BCUT2D eigenvalue weighted by atomic mass is 32.2. The number of amides is 1. The number of hydrogen-bond donors (Lipinski definition) is 3. The summed E-state index contributed by atoms with van der Waals surface area (Å²) in [5, 5.41) is 12.2. The van der Waals surface area contributed by atoms with E-state index in [4.69, 9.17) is 10.1 Å². The number of nitrogens with one attached hydrogen (secondary N) is 2. The van der Waals surface area contributed by atoms with E-state index in [2.05, 4.69) is 25.6 Å². The number of aliphatic hydroxyl groups is 1. The molecule has 1 saturated heterocycles. The summed E-state index contributed by atoms with van der Waals surface area (Å²) in [5.41, 5.74) is 5.66. The number of benzene rings is 2. The van der Waals surface area contributed by atoms with Crippen LogP contribution in [0.5, 0.6) is 0 Å². The molecule has 1 amide bonds. The maximum absolute atomic E-state index is 13.7. The van der Waals surface area contributed by atoms with Crippen LogP contribution in [-0.2, 0) is 23.0 Å². The molecule has 37 heavy (non-hydrogen) atoms. The average molecular weight is 524 g/mol. The van der Waals surface area contributed by atoms with Gasteiger partial charge in [0.1, 0.15) is 11.3 Å². The molecular weight excluding hydrogens is 490 g/mol. The SMILES string of the molecule is Cc1cc(NC(=O)c2ccc(NS(=O)(=O)CCO)cc2N2CCC3(CC2)CC3)c2nc3n(c2c1)CCC3. The molecule has 3 aliphatic rings. The first-order valence-electron chi connectivity index (χ1n) is 13.1. The molecule has 2 aromatic carbocycles. The zero-order valence-electron chi connectivity index (χ0n) is 21.1. The van der Waals surface area contributed by atoms with Crippen molar-refractivity contribution in [2.24, 2.45) is 5.41 Å². The predicted octanol–water partition coefficient (Wildman–Crippen LogP) is 3.66. The molecule has 6 rings (SSSR count). The van der Waals surface area contributed by atoms with Gasteiger partial charge in [0.2, 0.25) is 10.0 Å². The highest BCUT2D eigenvalue weighted by Gasteiger charge is 2.44. The monoisotopic (exact) mass is 523 g/mol. The molecule has 0 radical (unpaired) electrons. The zero-order valence-corrected chi connectivity index (χ0v) is 21.9. The summed E-state index contributed by atoms with van der Waals surface area (Å²) in [6.07, 6.45) is 6.72. The second-order valence-electron chi connectivity index (χ2n) is 10.8. The molecule has 0 atom stereocenters. The molecule has 1 spiro atoms. The fourth-order valence-electron chi connectivity index (χ4n) is 5.83. The molecular formula is C27H33N5O4S. The number of fused-ring (bicyclic) bond motifs is 3. The molecule has 3 heterocycles. The Kier molecular flexibility index (Phi) is 5.91. The lowest BCUT2D eigenvalue weighted by Gasteiger charge is -2.35. The van der Waals surface area contributed by atoms with E-state index in [9.17, 15) is 13.2 Å². The standard InChI is InChI=1S/C27H33N5O4S/c1-18-15-21(25-23(16-18)32-10-2-3-24(32)29-25)28-26(34)20-5-4-19(30-37(35,36)14-13-33)17-22(20)31-11-8-27(6-7-27)9-12-31/h4-5,15-17,30,33H,2-3,6-14H2,1H3,(H,28,34). The lowest BCUT2D eigenvalue weighted by molar-refractivity contribution is 0.102. The molecule has 3 N–H and O–H groups in total. The van der Waals surface area contributed by atoms with Crippen LogP contribution in [0.2, 0.25) is 0 Å². The summed E-state index contributed by atoms with van der Waals surface area (Å²) in [6, 6.07) is 9.11. The van der Waals surface area contributed by atoms with Gasteiger partial charge in [0.15, 0.2) is 0 Å². The quantitative estimate of drug-likeness (QED) is 0.435. The third kappa shape index (κ3) is 4.68. The average Bonchev–Trinajstić information content (AvgIpc) is 3.28. The molecule has 9 nitrogen and oxygen atoms in total. The zero-order chi connectivity index (χ0) is 25.8. The Hall–Kier alpha value is -3.11. The smallest absolute Gasteiger partial charge is 0.257 e. The van der Waals surface area contributed by atoms with E-state index in [0.717, 1.165) is 67.7 Å². The van der Waals surface area contributed by atoms with Gasteiger partial charge in [-0.1, -0.05) is 0 Å². The van der Waals surface area contributed by atoms with Gasteiger partial charge in [0.25, 0.3) is 5.91 Å². The summed E-state index contributed by atoms with van der Waals surface area (Å²) in [5.74, 6) is 0.430. The van der Waals surface area contributed by atoms with Crippen LogP contribution >= 0.6 is 0 Å². The first-order chi connectivity index (χ1) is 17.8. The number of rotatable bonds is 7. The van der Waals surface area contributed by atoms with Crippen LogP contribution in [0.25, 0.3) is 11.0 Å². The Morgan fingerprint density at radius 1 is 1.11 bits per heavy atom. The third-order valence-corrected chi connectivity index (χ3v) is 9.37. The molecule has 196 valence electrons. The summed E-state index contributed by atoms with van der Waals surface area (Å²) in [7, 11) is -3.68. The number of sulfonamides is 1. The fourth-order valence-corrected chi connectivity index (χ4v) is 6.66. The van der Waals surface area contributed by atoms with E-state index in [1.54, 1.807) is 18.2 Å². The first kappa shape index (κ1) is 24.2. The minimum Gasteiger partial charge on any atom is -0.395 e. The highest BCUT2D eigenvalue weighted by molar-refractivity contribution is 7.92. The van der Waals surface area contributed by atoms with E-state index >= 15 is 0 Å². The van der Waals surface area contributed by atoms with Gasteiger partial charge in [-0.15, -0.1) is 0 Å². The lowest BCUT2D eigenvalue weighted by Crippen LogP contribution is -2.35. The van der Waals surface area contributed by atoms with Crippen LogP contribution in [0.4, 0.5) is 17.1 Å². The number of carbonyl (C=O) groups is 1. The number of aromatic nitrogens is 2. The van der Waals surface area contributed by atoms with E-state index in [-0.39, 0.29) is 11.7 Å². The molecule has 1 aromatic heterocycles. The normalized spacial score (nSPS) is 18.3. The lowest BCUT2D eigenvalue weighted by atomic mass is 9.93. The van der Waals surface area contributed by atoms with Crippen molar-refractivity contribution in [2.45, 2.75) is 52.0 Å². The largest absolute Gasteiger partial charge is 0.395 e. The number of aryl methyl sites for hydroxylation is 3. The molecule has 2 aliphatic heterocycles. The maximum atomic E-state index is 13.7. The molecule has 3 aromatic rings. The van der Waals surface area contributed by atoms with Gasteiger partial charge in [-0.2, -0.15) is 0 Å². The predicted molar refractivity (Wildman–Crippen MR) is 145 cm³/mol. The van der Waals surface area contributed by atoms with Crippen molar-refractivity contribution in [2.75, 3.05) is 40.4 Å². The van der Waals surface area contributed by atoms with Crippen molar-refractivity contribution >= 4 is 44.0 Å². The summed E-state index contributed by atoms with van der Waals surface area (Å²) in [6.45, 7) is 4.16. The molecule has 1 aliphatic carbocycles. The van der Waals surface area contributed by atoms with E-state index in [1.807, 2.05) is 13.0 Å². The maximum Gasteiger partial charge on any atom is 0.257 e. The Bertz CT molecular complexity index is 1480. The summed E-state index contributed by atoms with van der Waals surface area (Å²) in [4.78, 5) is 20.7. The van der Waals surface area contributed by atoms with E-state index < -0.39 is 16.6 Å². The van der Waals surface area contributed by atoms with Gasteiger partial charge in [-0.3, -0.25) is 9.52 Å². The molecule has 10 heteroatoms. The molecule has 1 saturated carbocycles. The Morgan fingerprint density at radius 3 is 2.62 bits per heavy atom. The summed E-state index contributed by atoms with van der Waals surface area (Å²) >= 11 is 0. The number of hydrogen-bond acceptors (Lipinski definition) is 6. The van der Waals surface area contributed by atoms with Crippen LogP contribution in [0.3, 0.4) is 0 Å². The van der Waals surface area contributed by atoms with Crippen molar-refractivity contribution in [1.82, 2.24) is 9.55 Å². The van der Waals surface area contributed by atoms with Crippen molar-refractivity contribution in [1.29, 1.82) is 0 Å². The highest BCUT2D eigenvalue weighted by Crippen LogP contribution is 2.54. The second-order valence-corrected chi connectivity index (χ2v) is 12.6. The Labute approximate surface area is 216 Å². The number of nitrogens with zero attached hydrogens (tertiary/aromatic N) is 3. The third-order valence-electron chi connectivity index (χ3n) is 8.11. The fraction of sp³-hybridized carbons (Fsp3) is 0.481. The first-order valence-corrected chi connectivity index (χ1v) is 14.7. The van der Waals surface area contributed by atoms with Crippen LogP contribution in [0.1, 0.15) is 53.8 Å². The van der Waals surface area contributed by atoms with Crippen LogP contribution in [-0.4, -0.2) is 54.4 Å². The summed E-state index contributed by atoms with van der Waals surface area (Å²) < 4.78 is 29.3. The Balaban J connectivity index is 1.33. The van der Waals surface area contributed by atoms with Crippen molar-refractivity contribution in [3.63, 3.8) is 0 Å². The number of carbonyl (C=O) groups excluding carboxylic acids is 1. The van der Waals surface area contributed by atoms with Gasteiger partial charge in [0.05, 0.1) is 40.5 Å². The number of anilines is 3. The molecule has 2 fully saturated rings. The molecule has 0 unspecified atom stereocenters. The minimum atomic E-state index is -3.68. The number of imidazole rings is 1. The van der Waals surface area contributed by atoms with Crippen LogP contribution in [0.15, 0.2) is 30.3 Å². The van der Waals surface area contributed by atoms with Gasteiger partial charge < -0.3 is 19.9 Å². The van der Waals surface area contributed by atoms with Crippen molar-refractivity contribution in [3.8, 4) is 0 Å². The second kappa shape index (κ2) is 9.02. The minimum absolute atomic E-state index is 0.244. The Morgan fingerprint density at radius 2 is 1.89 bits per heavy atom. The van der Waals surface area contributed by atoms with Gasteiger partial charge in [0, 0.05) is 26.1 Å². The van der Waals surface area contributed by atoms with Crippen molar-refractivity contribution in [3.05, 3.63) is 47.3 Å². The van der Waals surface area contributed by atoms with Crippen molar-refractivity contribution < 1.29 is 18.3 Å². The van der Waals surface area contributed by atoms with Gasteiger partial charge in [-0.05, 0) is 80.3 Å². The van der Waals surface area contributed by atoms with E-state index in [1.165, 1.54) is 12.8 Å². The van der Waals surface area contributed by atoms with Gasteiger partial charge >= 0.3 is 0 Å².